The summed E-state index contributed by atoms with van der Waals surface area (Å²) in [6, 6.07) is 3.20. The monoisotopic (exact) mass is 696 g/mol. The fraction of sp³-hybridized carbons (Fsp3) is 0.379. The molecule has 1 saturated heterocycles. The summed E-state index contributed by atoms with van der Waals surface area (Å²) >= 11 is 0. The Labute approximate surface area is 256 Å². The third-order valence-electron chi connectivity index (χ3n) is 6.53. The van der Waals surface area contributed by atoms with Gasteiger partial charge in [0, 0.05) is 35.7 Å². The van der Waals surface area contributed by atoms with Crippen molar-refractivity contribution in [3.05, 3.63) is 94.1 Å². The summed E-state index contributed by atoms with van der Waals surface area (Å²) in [6.07, 6.45) is -20.3. The van der Waals surface area contributed by atoms with Crippen LogP contribution in [-0.2, 0) is 32.5 Å². The Balaban J connectivity index is 1.49. The minimum absolute atomic E-state index is 0.0896. The highest BCUT2D eigenvalue weighted by atomic mass is 19.4. The van der Waals surface area contributed by atoms with E-state index < -0.39 is 94.6 Å². The minimum atomic E-state index is -6.08. The lowest BCUT2D eigenvalue weighted by Gasteiger charge is -2.29. The minimum Gasteiger partial charge on any atom is -0.429 e. The summed E-state index contributed by atoms with van der Waals surface area (Å²) in [6.45, 7) is 2.76. The maximum atomic E-state index is 14.8. The molecule has 0 aromatic heterocycles. The number of halogens is 13. The normalized spacial score (nSPS) is 17.9. The first-order chi connectivity index (χ1) is 21.7. The van der Waals surface area contributed by atoms with Crippen LogP contribution in [0.4, 0.5) is 57.1 Å². The molecule has 0 saturated carbocycles. The topological polar surface area (TPSA) is 46.2 Å². The zero-order chi connectivity index (χ0) is 34.9. The first kappa shape index (κ1) is 36.1. The Morgan fingerprint density at radius 3 is 1.49 bits per heavy atom. The molecule has 18 heteroatoms. The molecule has 0 radical (unpaired) electrons. The first-order valence-corrected chi connectivity index (χ1v) is 13.3. The van der Waals surface area contributed by atoms with E-state index in [1.165, 1.54) is 12.1 Å². The third-order valence-corrected chi connectivity index (χ3v) is 6.53. The quantitative estimate of drug-likeness (QED) is 0.187. The largest absolute Gasteiger partial charge is 0.527 e. The molecule has 1 heterocycles. The number of rotatable bonds is 11. The molecule has 0 spiro atoms. The lowest BCUT2D eigenvalue weighted by molar-refractivity contribution is -0.432. The van der Waals surface area contributed by atoms with E-state index >= 15 is 0 Å². The highest BCUT2D eigenvalue weighted by molar-refractivity contribution is 5.36. The summed E-state index contributed by atoms with van der Waals surface area (Å²) in [5.74, 6) is -12.5. The van der Waals surface area contributed by atoms with Gasteiger partial charge in [-0.2, -0.15) is 26.3 Å². The molecule has 5 nitrogen and oxygen atoms in total. The van der Waals surface area contributed by atoms with Crippen LogP contribution < -0.4 is 9.47 Å². The lowest BCUT2D eigenvalue weighted by Crippen LogP contribution is -2.30. The summed E-state index contributed by atoms with van der Waals surface area (Å²) in [5.41, 5.74) is -5.38. The second-order valence-corrected chi connectivity index (χ2v) is 10.1. The number of hydrogen-bond acceptors (Lipinski definition) is 5. The van der Waals surface area contributed by atoms with Crippen LogP contribution in [0.3, 0.4) is 0 Å². The van der Waals surface area contributed by atoms with E-state index in [-0.39, 0.29) is 18.1 Å². The van der Waals surface area contributed by atoms with Crippen molar-refractivity contribution in [3.63, 3.8) is 0 Å². The molecule has 3 aromatic carbocycles. The second kappa shape index (κ2) is 13.4. The van der Waals surface area contributed by atoms with Crippen molar-refractivity contribution >= 4 is 0 Å². The fourth-order valence-corrected chi connectivity index (χ4v) is 4.52. The van der Waals surface area contributed by atoms with E-state index in [2.05, 4.69) is 14.2 Å². The molecular weight excluding hydrogens is 675 g/mol. The van der Waals surface area contributed by atoms with Gasteiger partial charge in [-0.05, 0) is 18.6 Å². The van der Waals surface area contributed by atoms with Crippen LogP contribution in [0.15, 0.2) is 48.5 Å². The molecule has 0 atom stereocenters. The molecule has 3 aromatic rings. The standard InChI is InChI=1S/C29H21F13O5/c1-2-3-14-12-43-25(44-13-14)15-4-6-16(7-5-15)26(34,35)45-17-8-19(30)23(20(31)9-17)27(36,37)46-18-10-21(32)24(22(33)11-18)28(38,39)47-29(40,41)42/h4-11,14,25H,2-3,12-13H2,1H3. The molecule has 1 aliphatic heterocycles. The molecule has 0 amide bonds. The van der Waals surface area contributed by atoms with Gasteiger partial charge in [0.1, 0.15) is 45.9 Å². The predicted molar refractivity (Wildman–Crippen MR) is 132 cm³/mol. The first-order valence-electron chi connectivity index (χ1n) is 13.3. The molecule has 0 bridgehead atoms. The molecule has 0 aliphatic carbocycles. The van der Waals surface area contributed by atoms with Crippen LogP contribution in [0.2, 0.25) is 0 Å². The van der Waals surface area contributed by atoms with Gasteiger partial charge >= 0.3 is 24.7 Å². The maximum Gasteiger partial charge on any atom is 0.527 e. The van der Waals surface area contributed by atoms with Gasteiger partial charge in [-0.15, -0.1) is 13.2 Å². The average Bonchev–Trinajstić information content (AvgIpc) is 2.90. The van der Waals surface area contributed by atoms with Gasteiger partial charge in [0.25, 0.3) is 0 Å². The highest BCUT2D eigenvalue weighted by Crippen LogP contribution is 2.43. The van der Waals surface area contributed by atoms with Crippen molar-refractivity contribution < 1.29 is 80.8 Å². The zero-order valence-electron chi connectivity index (χ0n) is 23.6. The molecule has 47 heavy (non-hydrogen) atoms. The van der Waals surface area contributed by atoms with Gasteiger partial charge in [-0.25, -0.2) is 22.3 Å². The average molecular weight is 696 g/mol. The van der Waals surface area contributed by atoms with E-state index in [9.17, 15) is 57.1 Å². The van der Waals surface area contributed by atoms with Gasteiger partial charge in [-0.3, -0.25) is 0 Å². The van der Waals surface area contributed by atoms with Crippen molar-refractivity contribution in [3.8, 4) is 11.5 Å². The SMILES string of the molecule is CCCC1COC(c2ccc(C(F)(F)Oc3cc(F)c(C(F)(F)Oc4cc(F)c(C(F)(F)OC(F)(F)F)c(F)c4)c(F)c3)cc2)OC1. The smallest absolute Gasteiger partial charge is 0.429 e. The van der Waals surface area contributed by atoms with E-state index in [0.717, 1.165) is 25.0 Å². The van der Waals surface area contributed by atoms with Crippen molar-refractivity contribution in [2.24, 2.45) is 5.92 Å². The van der Waals surface area contributed by atoms with E-state index in [0.29, 0.717) is 18.8 Å². The Bertz CT molecular complexity index is 1510. The highest BCUT2D eigenvalue weighted by Gasteiger charge is 2.50. The number of ether oxygens (including phenoxy) is 5. The van der Waals surface area contributed by atoms with Crippen LogP contribution in [0.1, 0.15) is 48.3 Å². The lowest BCUT2D eigenvalue weighted by atomic mass is 10.0. The van der Waals surface area contributed by atoms with Crippen LogP contribution in [-0.4, -0.2) is 19.6 Å². The molecule has 0 N–H and O–H groups in total. The predicted octanol–water partition coefficient (Wildman–Crippen LogP) is 9.55. The van der Waals surface area contributed by atoms with Crippen molar-refractivity contribution in [2.75, 3.05) is 13.2 Å². The van der Waals surface area contributed by atoms with Crippen molar-refractivity contribution in [1.82, 2.24) is 0 Å². The molecule has 258 valence electrons. The molecule has 1 fully saturated rings. The third kappa shape index (κ3) is 8.58. The Kier molecular flexibility index (Phi) is 10.3. The van der Waals surface area contributed by atoms with Crippen LogP contribution in [0.25, 0.3) is 0 Å². The number of alkyl halides is 9. The molecular formula is C29H21F13O5. The van der Waals surface area contributed by atoms with Crippen LogP contribution in [0.5, 0.6) is 11.5 Å². The van der Waals surface area contributed by atoms with Gasteiger partial charge in [0.2, 0.25) is 0 Å². The summed E-state index contributed by atoms with van der Waals surface area (Å²) in [4.78, 5) is 0. The maximum absolute atomic E-state index is 14.8. The number of benzene rings is 3. The van der Waals surface area contributed by atoms with E-state index in [1.54, 1.807) is 0 Å². The number of hydrogen-bond donors (Lipinski definition) is 0. The summed E-state index contributed by atoms with van der Waals surface area (Å²) in [5, 5.41) is 0. The van der Waals surface area contributed by atoms with Crippen LogP contribution in [0, 0.1) is 29.2 Å². The summed E-state index contributed by atoms with van der Waals surface area (Å²) in [7, 11) is 0. The molecule has 4 rings (SSSR count). The van der Waals surface area contributed by atoms with Gasteiger partial charge in [0.05, 0.1) is 18.8 Å². The van der Waals surface area contributed by atoms with Crippen LogP contribution >= 0.6 is 0 Å². The van der Waals surface area contributed by atoms with Crippen molar-refractivity contribution in [1.29, 1.82) is 0 Å². The Morgan fingerprint density at radius 2 is 1.06 bits per heavy atom. The van der Waals surface area contributed by atoms with E-state index in [4.69, 9.17) is 9.47 Å². The zero-order valence-corrected chi connectivity index (χ0v) is 23.6. The fourth-order valence-electron chi connectivity index (χ4n) is 4.52. The Hall–Kier alpha value is -3.77. The van der Waals surface area contributed by atoms with Gasteiger partial charge in [-0.1, -0.05) is 25.5 Å². The Morgan fingerprint density at radius 1 is 0.638 bits per heavy atom. The summed E-state index contributed by atoms with van der Waals surface area (Å²) < 4.78 is 202. The van der Waals surface area contributed by atoms with Gasteiger partial charge in [0.15, 0.2) is 6.29 Å². The van der Waals surface area contributed by atoms with Gasteiger partial charge < -0.3 is 18.9 Å². The molecule has 0 unspecified atom stereocenters. The second-order valence-electron chi connectivity index (χ2n) is 10.1. The molecule has 1 aliphatic rings. The van der Waals surface area contributed by atoms with Crippen molar-refractivity contribution in [2.45, 2.75) is 50.7 Å². The van der Waals surface area contributed by atoms with E-state index in [1.807, 2.05) is 6.92 Å².